The molecule has 0 aromatic carbocycles. The van der Waals surface area contributed by atoms with Crippen LogP contribution in [-0.4, -0.2) is 21.3 Å². The number of hydrogen-bond acceptors (Lipinski definition) is 3. The predicted octanol–water partition coefficient (Wildman–Crippen LogP) is 2.84. The molecule has 0 amide bonds. The van der Waals surface area contributed by atoms with E-state index in [1.165, 1.54) is 5.56 Å². The van der Waals surface area contributed by atoms with Gasteiger partial charge in [0.1, 0.15) is 0 Å². The molecule has 5 heteroatoms. The van der Waals surface area contributed by atoms with Crippen molar-refractivity contribution >= 4 is 15.9 Å². The van der Waals surface area contributed by atoms with Crippen LogP contribution in [0.25, 0.3) is 5.82 Å². The molecule has 0 aliphatic heterocycles. The number of halogens is 1. The molecule has 2 heterocycles. The molecule has 1 N–H and O–H groups in total. The maximum Gasteiger partial charge on any atom is 0.153 e. The van der Waals surface area contributed by atoms with Gasteiger partial charge in [-0.3, -0.25) is 0 Å². The minimum Gasteiger partial charge on any atom is -0.313 e. The van der Waals surface area contributed by atoms with E-state index in [9.17, 15) is 0 Å². The van der Waals surface area contributed by atoms with Crippen molar-refractivity contribution in [1.82, 2.24) is 20.1 Å². The van der Waals surface area contributed by atoms with Crippen molar-refractivity contribution in [3.63, 3.8) is 0 Å². The summed E-state index contributed by atoms with van der Waals surface area (Å²) in [6, 6.07) is 3.92. The highest BCUT2D eigenvalue weighted by atomic mass is 79.9. The second-order valence-corrected chi connectivity index (χ2v) is 5.09. The molecule has 0 atom stereocenters. The summed E-state index contributed by atoms with van der Waals surface area (Å²) in [6.45, 7) is 6.12. The molecule has 0 bridgehead atoms. The topological polar surface area (TPSA) is 42.7 Å². The van der Waals surface area contributed by atoms with E-state index < -0.39 is 0 Å². The molecule has 0 unspecified atom stereocenters. The summed E-state index contributed by atoms with van der Waals surface area (Å²) in [5.74, 6) is 0.845. The Morgan fingerprint density at radius 3 is 2.83 bits per heavy atom. The minimum atomic E-state index is 0.845. The van der Waals surface area contributed by atoms with E-state index >= 15 is 0 Å². The van der Waals surface area contributed by atoms with E-state index in [0.717, 1.165) is 35.5 Å². The van der Waals surface area contributed by atoms with E-state index in [1.54, 1.807) is 6.20 Å². The van der Waals surface area contributed by atoms with Gasteiger partial charge in [0.25, 0.3) is 0 Å². The predicted molar refractivity (Wildman–Crippen MR) is 75.8 cm³/mol. The lowest BCUT2D eigenvalue weighted by Crippen LogP contribution is -2.14. The molecule has 0 aliphatic carbocycles. The smallest absolute Gasteiger partial charge is 0.153 e. The Hall–Kier alpha value is -1.20. The van der Waals surface area contributed by atoms with Gasteiger partial charge < -0.3 is 5.32 Å². The summed E-state index contributed by atoms with van der Waals surface area (Å²) in [5.41, 5.74) is 2.35. The molecule has 0 aliphatic rings. The van der Waals surface area contributed by atoms with Gasteiger partial charge in [0.05, 0.1) is 6.20 Å². The van der Waals surface area contributed by atoms with E-state index in [2.05, 4.69) is 45.2 Å². The van der Waals surface area contributed by atoms with Gasteiger partial charge in [0, 0.05) is 28.5 Å². The van der Waals surface area contributed by atoms with E-state index in [4.69, 9.17) is 0 Å². The zero-order valence-electron chi connectivity index (χ0n) is 10.7. The first-order chi connectivity index (χ1) is 8.72. The SMILES string of the molecule is CCCNCc1cnn(-c2ccc(Br)cn2)c1C. The molecule has 0 spiro atoms. The monoisotopic (exact) mass is 308 g/mol. The molecule has 18 heavy (non-hydrogen) atoms. The van der Waals surface area contributed by atoms with Crippen LogP contribution in [0.2, 0.25) is 0 Å². The molecular formula is C13H17BrN4. The molecule has 2 aromatic rings. The average Bonchev–Trinajstić information content (AvgIpc) is 2.73. The van der Waals surface area contributed by atoms with Gasteiger partial charge >= 0.3 is 0 Å². The average molecular weight is 309 g/mol. The second-order valence-electron chi connectivity index (χ2n) is 4.18. The molecule has 2 aromatic heterocycles. The lowest BCUT2D eigenvalue weighted by atomic mass is 10.2. The summed E-state index contributed by atoms with van der Waals surface area (Å²) < 4.78 is 2.84. The number of nitrogens with one attached hydrogen (secondary N) is 1. The lowest BCUT2D eigenvalue weighted by Gasteiger charge is -2.05. The van der Waals surface area contributed by atoms with Crippen molar-refractivity contribution in [2.24, 2.45) is 0 Å². The van der Waals surface area contributed by atoms with Gasteiger partial charge in [-0.2, -0.15) is 5.10 Å². The van der Waals surface area contributed by atoms with Gasteiger partial charge in [0.15, 0.2) is 5.82 Å². The molecule has 0 fully saturated rings. The van der Waals surface area contributed by atoms with Crippen LogP contribution in [-0.2, 0) is 6.54 Å². The zero-order valence-corrected chi connectivity index (χ0v) is 12.2. The van der Waals surface area contributed by atoms with Crippen LogP contribution in [0, 0.1) is 6.92 Å². The third kappa shape index (κ3) is 2.97. The standard InChI is InChI=1S/C13H17BrN4/c1-3-6-15-7-11-8-17-18(10(11)2)13-5-4-12(14)9-16-13/h4-5,8-9,15H,3,6-7H2,1-2H3. The quantitative estimate of drug-likeness (QED) is 0.864. The maximum atomic E-state index is 4.39. The molecule has 96 valence electrons. The normalized spacial score (nSPS) is 10.8. The first-order valence-corrected chi connectivity index (χ1v) is 6.87. The van der Waals surface area contributed by atoms with Gasteiger partial charge in [-0.05, 0) is 48.0 Å². The molecule has 2 rings (SSSR count). The van der Waals surface area contributed by atoms with Crippen LogP contribution in [0.5, 0.6) is 0 Å². The van der Waals surface area contributed by atoms with Crippen molar-refractivity contribution in [2.75, 3.05) is 6.54 Å². The van der Waals surface area contributed by atoms with E-state index in [-0.39, 0.29) is 0 Å². The Kier molecular flexibility index (Phi) is 4.49. The highest BCUT2D eigenvalue weighted by molar-refractivity contribution is 9.10. The number of aromatic nitrogens is 3. The first kappa shape index (κ1) is 13.2. The number of nitrogens with zero attached hydrogens (tertiary/aromatic N) is 3. The van der Waals surface area contributed by atoms with Crippen LogP contribution in [0.3, 0.4) is 0 Å². The summed E-state index contributed by atoms with van der Waals surface area (Å²) >= 11 is 3.38. The van der Waals surface area contributed by atoms with Crippen molar-refractivity contribution in [1.29, 1.82) is 0 Å². The molecule has 4 nitrogen and oxygen atoms in total. The molecular weight excluding hydrogens is 292 g/mol. The van der Waals surface area contributed by atoms with Gasteiger partial charge in [-0.15, -0.1) is 0 Å². The summed E-state index contributed by atoms with van der Waals surface area (Å²) in [5, 5.41) is 7.78. The van der Waals surface area contributed by atoms with Crippen molar-refractivity contribution < 1.29 is 0 Å². The molecule has 0 saturated heterocycles. The Balaban J connectivity index is 2.17. The Bertz CT molecular complexity index is 504. The number of rotatable bonds is 5. The largest absolute Gasteiger partial charge is 0.313 e. The number of hydrogen-bond donors (Lipinski definition) is 1. The van der Waals surface area contributed by atoms with E-state index in [0.29, 0.717) is 0 Å². The lowest BCUT2D eigenvalue weighted by molar-refractivity contribution is 0.672. The minimum absolute atomic E-state index is 0.845. The highest BCUT2D eigenvalue weighted by Gasteiger charge is 2.08. The first-order valence-electron chi connectivity index (χ1n) is 6.08. The van der Waals surface area contributed by atoms with Crippen LogP contribution in [0.4, 0.5) is 0 Å². The van der Waals surface area contributed by atoms with E-state index in [1.807, 2.05) is 23.0 Å². The fourth-order valence-electron chi connectivity index (χ4n) is 1.74. The fourth-order valence-corrected chi connectivity index (χ4v) is 1.98. The Labute approximate surface area is 116 Å². The summed E-state index contributed by atoms with van der Waals surface area (Å²) in [4.78, 5) is 4.35. The summed E-state index contributed by atoms with van der Waals surface area (Å²) in [6.07, 6.45) is 4.83. The Morgan fingerprint density at radius 2 is 2.17 bits per heavy atom. The van der Waals surface area contributed by atoms with Crippen molar-refractivity contribution in [3.05, 3.63) is 40.3 Å². The highest BCUT2D eigenvalue weighted by Crippen LogP contribution is 2.14. The Morgan fingerprint density at radius 1 is 1.33 bits per heavy atom. The number of pyridine rings is 1. The third-order valence-electron chi connectivity index (χ3n) is 2.78. The van der Waals surface area contributed by atoms with Gasteiger partial charge in [0.2, 0.25) is 0 Å². The van der Waals surface area contributed by atoms with Crippen molar-refractivity contribution in [2.45, 2.75) is 26.8 Å². The summed E-state index contributed by atoms with van der Waals surface area (Å²) in [7, 11) is 0. The van der Waals surface area contributed by atoms with Crippen LogP contribution in [0.15, 0.2) is 29.0 Å². The van der Waals surface area contributed by atoms with Crippen LogP contribution < -0.4 is 5.32 Å². The van der Waals surface area contributed by atoms with Crippen LogP contribution in [0.1, 0.15) is 24.6 Å². The maximum absolute atomic E-state index is 4.39. The van der Waals surface area contributed by atoms with Crippen molar-refractivity contribution in [3.8, 4) is 5.82 Å². The van der Waals surface area contributed by atoms with Gasteiger partial charge in [-0.25, -0.2) is 9.67 Å². The second kappa shape index (κ2) is 6.11. The van der Waals surface area contributed by atoms with Crippen LogP contribution >= 0.6 is 15.9 Å². The zero-order chi connectivity index (χ0) is 13.0. The molecule has 0 saturated carbocycles. The third-order valence-corrected chi connectivity index (χ3v) is 3.25. The molecule has 0 radical (unpaired) electrons. The fraction of sp³-hybridized carbons (Fsp3) is 0.385. The van der Waals surface area contributed by atoms with Gasteiger partial charge in [-0.1, -0.05) is 6.92 Å².